The van der Waals surface area contributed by atoms with Crippen molar-refractivity contribution in [3.05, 3.63) is 34.3 Å². The molecule has 1 heterocycles. The van der Waals surface area contributed by atoms with Gasteiger partial charge in [0.05, 0.1) is 6.54 Å². The standard InChI is InChI=1S/C14H17BrN2O2/c1-9(2)7-12-13(18)17(14(19)16-12)8-10-3-5-11(15)6-4-10/h3-6,9,12H,7-8H2,1-2H3,(H,16,19)/t12-/m0/s1. The van der Waals surface area contributed by atoms with Gasteiger partial charge in [-0.2, -0.15) is 0 Å². The Morgan fingerprint density at radius 3 is 2.47 bits per heavy atom. The Morgan fingerprint density at radius 1 is 1.26 bits per heavy atom. The molecule has 0 aliphatic carbocycles. The predicted molar refractivity (Wildman–Crippen MR) is 76.5 cm³/mol. The maximum Gasteiger partial charge on any atom is 0.325 e. The molecule has 0 unspecified atom stereocenters. The molecule has 2 rings (SSSR count). The van der Waals surface area contributed by atoms with Crippen molar-refractivity contribution in [1.29, 1.82) is 0 Å². The van der Waals surface area contributed by atoms with Crippen molar-refractivity contribution < 1.29 is 9.59 Å². The van der Waals surface area contributed by atoms with Crippen LogP contribution in [0.4, 0.5) is 4.79 Å². The number of urea groups is 1. The molecule has 0 bridgehead atoms. The number of imide groups is 1. The molecule has 19 heavy (non-hydrogen) atoms. The van der Waals surface area contributed by atoms with E-state index < -0.39 is 0 Å². The Hall–Kier alpha value is -1.36. The largest absolute Gasteiger partial charge is 0.326 e. The number of halogens is 1. The number of hydrogen-bond donors (Lipinski definition) is 1. The van der Waals surface area contributed by atoms with Crippen LogP contribution >= 0.6 is 15.9 Å². The van der Waals surface area contributed by atoms with Crippen LogP contribution in [0.1, 0.15) is 25.8 Å². The summed E-state index contributed by atoms with van der Waals surface area (Å²) in [5.74, 6) is 0.253. The van der Waals surface area contributed by atoms with Crippen molar-refractivity contribution in [2.75, 3.05) is 0 Å². The maximum absolute atomic E-state index is 12.2. The number of rotatable bonds is 4. The summed E-state index contributed by atoms with van der Waals surface area (Å²) in [6.07, 6.45) is 0.682. The molecule has 3 amide bonds. The highest BCUT2D eigenvalue weighted by Crippen LogP contribution is 2.18. The zero-order valence-corrected chi connectivity index (χ0v) is 12.6. The summed E-state index contributed by atoms with van der Waals surface area (Å²) in [6.45, 7) is 4.40. The van der Waals surface area contributed by atoms with E-state index >= 15 is 0 Å². The molecule has 0 aromatic heterocycles. The average Bonchev–Trinajstić information content (AvgIpc) is 2.59. The quantitative estimate of drug-likeness (QED) is 0.866. The first-order valence-corrected chi connectivity index (χ1v) is 7.13. The number of nitrogens with one attached hydrogen (secondary N) is 1. The smallest absolute Gasteiger partial charge is 0.325 e. The first kappa shape index (κ1) is 14.1. The van der Waals surface area contributed by atoms with Crippen molar-refractivity contribution in [2.24, 2.45) is 5.92 Å². The fourth-order valence-corrected chi connectivity index (χ4v) is 2.39. The molecule has 1 saturated heterocycles. The predicted octanol–water partition coefficient (Wildman–Crippen LogP) is 2.92. The van der Waals surface area contributed by atoms with Gasteiger partial charge < -0.3 is 5.32 Å². The highest BCUT2D eigenvalue weighted by Gasteiger charge is 2.37. The van der Waals surface area contributed by atoms with Crippen molar-refractivity contribution in [3.63, 3.8) is 0 Å². The van der Waals surface area contributed by atoms with E-state index in [4.69, 9.17) is 0 Å². The van der Waals surface area contributed by atoms with Gasteiger partial charge in [0.2, 0.25) is 0 Å². The van der Waals surface area contributed by atoms with E-state index in [0.29, 0.717) is 18.9 Å². The van der Waals surface area contributed by atoms with Gasteiger partial charge in [-0.3, -0.25) is 9.69 Å². The number of carbonyl (C=O) groups is 2. The van der Waals surface area contributed by atoms with E-state index in [9.17, 15) is 9.59 Å². The third kappa shape index (κ3) is 3.35. The van der Waals surface area contributed by atoms with E-state index in [-0.39, 0.29) is 18.0 Å². The fraction of sp³-hybridized carbons (Fsp3) is 0.429. The SMILES string of the molecule is CC(C)C[C@@H]1NC(=O)N(Cc2ccc(Br)cc2)C1=O. The molecular formula is C14H17BrN2O2. The molecule has 0 radical (unpaired) electrons. The first-order valence-electron chi connectivity index (χ1n) is 6.33. The summed E-state index contributed by atoms with van der Waals surface area (Å²) in [7, 11) is 0. The highest BCUT2D eigenvalue weighted by molar-refractivity contribution is 9.10. The molecule has 1 N–H and O–H groups in total. The van der Waals surface area contributed by atoms with Gasteiger partial charge in [-0.1, -0.05) is 41.9 Å². The van der Waals surface area contributed by atoms with Crippen LogP contribution in [0.2, 0.25) is 0 Å². The van der Waals surface area contributed by atoms with Crippen molar-refractivity contribution in [2.45, 2.75) is 32.9 Å². The molecule has 4 nitrogen and oxygen atoms in total. The van der Waals surface area contributed by atoms with Crippen LogP contribution in [0, 0.1) is 5.92 Å². The van der Waals surface area contributed by atoms with Gasteiger partial charge in [0.15, 0.2) is 0 Å². The van der Waals surface area contributed by atoms with Crippen LogP contribution in [-0.4, -0.2) is 22.9 Å². The van der Waals surface area contributed by atoms with Gasteiger partial charge in [-0.25, -0.2) is 4.79 Å². The molecule has 1 aromatic carbocycles. The molecule has 5 heteroatoms. The summed E-state index contributed by atoms with van der Waals surface area (Å²) >= 11 is 3.36. The highest BCUT2D eigenvalue weighted by atomic mass is 79.9. The minimum Gasteiger partial charge on any atom is -0.326 e. The normalized spacial score (nSPS) is 19.2. The number of nitrogens with zero attached hydrogens (tertiary/aromatic N) is 1. The van der Waals surface area contributed by atoms with E-state index in [1.807, 2.05) is 38.1 Å². The van der Waals surface area contributed by atoms with Crippen molar-refractivity contribution in [3.8, 4) is 0 Å². The second-order valence-corrected chi connectivity index (χ2v) is 6.10. The number of amides is 3. The van der Waals surface area contributed by atoms with Crippen LogP contribution in [0.25, 0.3) is 0 Å². The fourth-order valence-electron chi connectivity index (χ4n) is 2.13. The minimum absolute atomic E-state index is 0.124. The van der Waals surface area contributed by atoms with E-state index in [0.717, 1.165) is 10.0 Å². The summed E-state index contributed by atoms with van der Waals surface area (Å²) < 4.78 is 0.978. The molecule has 1 aromatic rings. The Kier molecular flexibility index (Phi) is 4.24. The molecule has 1 aliphatic rings. The summed E-state index contributed by atoms with van der Waals surface area (Å²) in [4.78, 5) is 25.3. The van der Waals surface area contributed by atoms with Crippen LogP contribution in [-0.2, 0) is 11.3 Å². The monoisotopic (exact) mass is 324 g/mol. The Morgan fingerprint density at radius 2 is 1.89 bits per heavy atom. The summed E-state index contributed by atoms with van der Waals surface area (Å²) in [5, 5.41) is 2.74. The van der Waals surface area contributed by atoms with Gasteiger partial charge in [0.1, 0.15) is 6.04 Å². The van der Waals surface area contributed by atoms with Gasteiger partial charge in [-0.05, 0) is 30.0 Å². The number of hydrogen-bond acceptors (Lipinski definition) is 2. The molecule has 102 valence electrons. The number of benzene rings is 1. The molecular weight excluding hydrogens is 308 g/mol. The van der Waals surface area contributed by atoms with Gasteiger partial charge >= 0.3 is 6.03 Å². The zero-order valence-electron chi connectivity index (χ0n) is 11.0. The first-order chi connectivity index (χ1) is 8.97. The van der Waals surface area contributed by atoms with Crippen LogP contribution < -0.4 is 5.32 Å². The summed E-state index contributed by atoms with van der Waals surface area (Å²) in [6, 6.07) is 6.95. The lowest BCUT2D eigenvalue weighted by molar-refractivity contribution is -0.128. The Bertz CT molecular complexity index is 485. The topological polar surface area (TPSA) is 49.4 Å². The Balaban J connectivity index is 2.06. The molecule has 1 atom stereocenters. The van der Waals surface area contributed by atoms with Crippen molar-refractivity contribution >= 4 is 27.9 Å². The van der Waals surface area contributed by atoms with Crippen LogP contribution in [0.5, 0.6) is 0 Å². The van der Waals surface area contributed by atoms with E-state index in [2.05, 4.69) is 21.2 Å². The third-order valence-electron chi connectivity index (χ3n) is 3.07. The van der Waals surface area contributed by atoms with Crippen LogP contribution in [0.15, 0.2) is 28.7 Å². The van der Waals surface area contributed by atoms with Gasteiger partial charge in [0.25, 0.3) is 5.91 Å². The van der Waals surface area contributed by atoms with Crippen molar-refractivity contribution in [1.82, 2.24) is 10.2 Å². The van der Waals surface area contributed by atoms with Gasteiger partial charge in [0, 0.05) is 4.47 Å². The second kappa shape index (κ2) is 5.74. The average molecular weight is 325 g/mol. The lowest BCUT2D eigenvalue weighted by atomic mass is 10.0. The zero-order chi connectivity index (χ0) is 14.0. The lowest BCUT2D eigenvalue weighted by Gasteiger charge is -2.14. The van der Waals surface area contributed by atoms with E-state index in [1.54, 1.807) is 0 Å². The van der Waals surface area contributed by atoms with E-state index in [1.165, 1.54) is 4.90 Å². The van der Waals surface area contributed by atoms with Gasteiger partial charge in [-0.15, -0.1) is 0 Å². The lowest BCUT2D eigenvalue weighted by Crippen LogP contribution is -2.31. The molecule has 1 aliphatic heterocycles. The number of carbonyl (C=O) groups excluding carboxylic acids is 2. The van der Waals surface area contributed by atoms with Crippen LogP contribution in [0.3, 0.4) is 0 Å². The molecule has 0 spiro atoms. The second-order valence-electron chi connectivity index (χ2n) is 5.18. The summed E-state index contributed by atoms with van der Waals surface area (Å²) in [5.41, 5.74) is 0.942. The molecule has 1 fully saturated rings. The minimum atomic E-state index is -0.372. The third-order valence-corrected chi connectivity index (χ3v) is 3.60. The Labute approximate surface area is 121 Å². The molecule has 0 saturated carbocycles. The maximum atomic E-state index is 12.2.